The van der Waals surface area contributed by atoms with Crippen molar-refractivity contribution >= 4 is 17.4 Å². The number of hydrogen-bond donors (Lipinski definition) is 1. The maximum atomic E-state index is 14.7. The summed E-state index contributed by atoms with van der Waals surface area (Å²) < 4.78 is 34.0. The number of likely N-dealkylation sites (tertiary alicyclic amines) is 1. The van der Waals surface area contributed by atoms with Crippen LogP contribution < -0.4 is 10.2 Å². The Morgan fingerprint density at radius 1 is 1.15 bits per heavy atom. The van der Waals surface area contributed by atoms with Gasteiger partial charge in [0, 0.05) is 30.4 Å². The Balaban J connectivity index is 0.00000191. The Bertz CT molecular complexity index is 1100. The Morgan fingerprint density at radius 3 is 2.33 bits per heavy atom. The molecule has 0 bridgehead atoms. The summed E-state index contributed by atoms with van der Waals surface area (Å²) in [4.78, 5) is 16.1. The zero-order chi connectivity index (χ0) is 30.5. The first-order valence-electron chi connectivity index (χ1n) is 14.3. The smallest absolute Gasteiger partial charge is 0.410 e. The van der Waals surface area contributed by atoms with Crippen LogP contribution in [0.25, 0.3) is 5.57 Å². The van der Waals surface area contributed by atoms with E-state index in [1.54, 1.807) is 26.8 Å². The number of carbonyl (C=O) groups is 1. The Labute approximate surface area is 240 Å². The van der Waals surface area contributed by atoms with Crippen LogP contribution in [-0.4, -0.2) is 48.4 Å². The molecule has 2 unspecified atom stereocenters. The van der Waals surface area contributed by atoms with Crippen molar-refractivity contribution < 1.29 is 18.3 Å². The number of anilines is 1. The molecule has 2 aromatic carbocycles. The highest BCUT2D eigenvalue weighted by Crippen LogP contribution is 2.27. The van der Waals surface area contributed by atoms with E-state index in [1.165, 1.54) is 11.0 Å². The predicted octanol–water partition coefficient (Wildman–Crippen LogP) is 8.50. The number of halogens is 2. The summed E-state index contributed by atoms with van der Waals surface area (Å²) in [6.07, 6.45) is 1.81. The molecule has 1 fully saturated rings. The van der Waals surface area contributed by atoms with E-state index in [0.717, 1.165) is 16.8 Å². The summed E-state index contributed by atoms with van der Waals surface area (Å²) in [6.45, 7) is 21.5. The van der Waals surface area contributed by atoms with Gasteiger partial charge >= 0.3 is 6.09 Å². The average molecular weight is 558 g/mol. The van der Waals surface area contributed by atoms with Gasteiger partial charge in [-0.2, -0.15) is 0 Å². The molecule has 2 aromatic rings. The molecule has 0 aromatic heterocycles. The Morgan fingerprint density at radius 2 is 1.77 bits per heavy atom. The lowest BCUT2D eigenvalue weighted by Crippen LogP contribution is -2.42. The maximum absolute atomic E-state index is 14.7. The van der Waals surface area contributed by atoms with Crippen LogP contribution in [-0.2, 0) is 4.74 Å². The molecule has 7 heteroatoms. The zero-order valence-electron chi connectivity index (χ0n) is 25.9. The molecular formula is C33H49F2N3O2. The van der Waals surface area contributed by atoms with E-state index in [9.17, 15) is 13.6 Å². The molecule has 1 saturated heterocycles. The summed E-state index contributed by atoms with van der Waals surface area (Å²) in [5.74, 6) is 0.303. The molecule has 222 valence electrons. The van der Waals surface area contributed by atoms with Crippen molar-refractivity contribution in [3.63, 3.8) is 0 Å². The highest BCUT2D eigenvalue weighted by Gasteiger charge is 2.38. The van der Waals surface area contributed by atoms with Gasteiger partial charge in [0.2, 0.25) is 0 Å². The summed E-state index contributed by atoms with van der Waals surface area (Å²) in [7, 11) is 0. The second kappa shape index (κ2) is 16.7. The number of aryl methyl sites for hydroxylation is 1. The van der Waals surface area contributed by atoms with Gasteiger partial charge in [0.05, 0.1) is 11.9 Å². The number of allylic oxidation sites excluding steroid dienone is 1. The number of ether oxygens (including phenoxy) is 1. The van der Waals surface area contributed by atoms with Gasteiger partial charge in [0.25, 0.3) is 0 Å². The van der Waals surface area contributed by atoms with Crippen molar-refractivity contribution in [2.24, 2.45) is 0 Å². The zero-order valence-corrected chi connectivity index (χ0v) is 25.9. The number of alkyl halides is 1. The van der Waals surface area contributed by atoms with Crippen LogP contribution in [0, 0.1) is 12.7 Å². The minimum absolute atomic E-state index is 0.207. The fraction of sp³-hybridized carbons (Fsp3) is 0.485. The minimum Gasteiger partial charge on any atom is -0.444 e. The molecule has 1 aliphatic heterocycles. The summed E-state index contributed by atoms with van der Waals surface area (Å²) in [5.41, 5.74) is 2.54. The van der Waals surface area contributed by atoms with Gasteiger partial charge in [-0.3, -0.25) is 0 Å². The molecule has 1 N–H and O–H groups in total. The normalized spacial score (nSPS) is 16.7. The Hall–Kier alpha value is -3.35. The molecule has 5 nitrogen and oxygen atoms in total. The van der Waals surface area contributed by atoms with Crippen LogP contribution in [0.1, 0.15) is 72.9 Å². The van der Waals surface area contributed by atoms with Crippen molar-refractivity contribution in [1.82, 2.24) is 10.2 Å². The molecule has 2 atom stereocenters. The van der Waals surface area contributed by atoms with E-state index in [-0.39, 0.29) is 11.9 Å². The third-order valence-electron chi connectivity index (χ3n) is 6.13. The second-order valence-electron chi connectivity index (χ2n) is 10.2. The van der Waals surface area contributed by atoms with Gasteiger partial charge in [-0.1, -0.05) is 70.2 Å². The first kappa shape index (κ1) is 34.7. The first-order chi connectivity index (χ1) is 19.0. The van der Waals surface area contributed by atoms with Gasteiger partial charge in [-0.15, -0.1) is 0 Å². The number of carbonyl (C=O) groups excluding carboxylic acids is 1. The van der Waals surface area contributed by atoms with Crippen molar-refractivity contribution in [2.45, 2.75) is 86.4 Å². The quantitative estimate of drug-likeness (QED) is 0.353. The van der Waals surface area contributed by atoms with Gasteiger partial charge in [-0.25, -0.2) is 13.6 Å². The van der Waals surface area contributed by atoms with Crippen molar-refractivity contribution in [3.05, 3.63) is 84.0 Å². The van der Waals surface area contributed by atoms with E-state index in [1.807, 2.05) is 88.9 Å². The fourth-order valence-corrected chi connectivity index (χ4v) is 4.36. The van der Waals surface area contributed by atoms with E-state index in [4.69, 9.17) is 4.74 Å². The SMILES string of the molecule is C=C(NC1CC(CF)N(C(=O)OC(C)(C)C)C1)N(C/C(=C\C)c1cc(C)ccc1F)c1ccccc1.CC.CC. The molecule has 1 aliphatic rings. The van der Waals surface area contributed by atoms with Crippen LogP contribution >= 0.6 is 0 Å². The maximum Gasteiger partial charge on any atom is 0.410 e. The second-order valence-corrected chi connectivity index (χ2v) is 10.2. The van der Waals surface area contributed by atoms with Crippen LogP contribution in [0.3, 0.4) is 0 Å². The van der Waals surface area contributed by atoms with Crippen molar-refractivity contribution in [1.29, 1.82) is 0 Å². The summed E-state index contributed by atoms with van der Waals surface area (Å²) >= 11 is 0. The van der Waals surface area contributed by atoms with Gasteiger partial charge < -0.3 is 19.9 Å². The number of amides is 1. The highest BCUT2D eigenvalue weighted by atomic mass is 19.1. The third kappa shape index (κ3) is 10.00. The number of para-hydroxylation sites is 1. The van der Waals surface area contributed by atoms with Crippen LogP contribution in [0.15, 0.2) is 67.0 Å². The van der Waals surface area contributed by atoms with E-state index in [2.05, 4.69) is 11.9 Å². The van der Waals surface area contributed by atoms with Crippen LogP contribution in [0.5, 0.6) is 0 Å². The summed E-state index contributed by atoms with van der Waals surface area (Å²) in [6, 6.07) is 14.0. The number of hydrogen-bond acceptors (Lipinski definition) is 4. The molecular weight excluding hydrogens is 508 g/mol. The van der Waals surface area contributed by atoms with E-state index in [0.29, 0.717) is 30.9 Å². The molecule has 0 spiro atoms. The molecule has 0 saturated carbocycles. The molecule has 40 heavy (non-hydrogen) atoms. The fourth-order valence-electron chi connectivity index (χ4n) is 4.36. The van der Waals surface area contributed by atoms with E-state index >= 15 is 0 Å². The minimum atomic E-state index is -0.662. The molecule has 1 amide bonds. The average Bonchev–Trinajstić information content (AvgIpc) is 3.35. The summed E-state index contributed by atoms with van der Waals surface area (Å²) in [5, 5.41) is 3.39. The monoisotopic (exact) mass is 557 g/mol. The third-order valence-corrected chi connectivity index (χ3v) is 6.13. The molecule has 0 radical (unpaired) electrons. The largest absolute Gasteiger partial charge is 0.444 e. The highest BCUT2D eigenvalue weighted by molar-refractivity contribution is 5.72. The lowest BCUT2D eigenvalue weighted by molar-refractivity contribution is 0.0205. The lowest BCUT2D eigenvalue weighted by Gasteiger charge is -2.31. The van der Waals surface area contributed by atoms with E-state index < -0.39 is 24.4 Å². The number of benzene rings is 2. The number of nitrogens with one attached hydrogen (secondary N) is 1. The molecule has 1 heterocycles. The molecule has 3 rings (SSSR count). The lowest BCUT2D eigenvalue weighted by atomic mass is 10.0. The van der Waals surface area contributed by atoms with Crippen LogP contribution in [0.4, 0.5) is 19.3 Å². The number of rotatable bonds is 8. The van der Waals surface area contributed by atoms with Gasteiger partial charge in [0.15, 0.2) is 0 Å². The standard InChI is InChI=1S/C29H37F2N3O2.2C2H6/c1-7-22(26-15-20(2)13-14-27(26)31)18-33(24-11-9-8-10-12-24)21(3)32-23-16-25(17-30)34(19-23)28(35)36-29(4,5)6;2*1-2/h7-15,23,25,32H,3,16-19H2,1-2,4-6H3;2*1-2H3/b22-7+;;. The Kier molecular flexibility index (Phi) is 14.5. The first-order valence-corrected chi connectivity index (χ1v) is 14.3. The van der Waals surface area contributed by atoms with Gasteiger partial charge in [-0.05, 0) is 70.9 Å². The molecule has 0 aliphatic carbocycles. The van der Waals surface area contributed by atoms with Crippen LogP contribution in [0.2, 0.25) is 0 Å². The number of nitrogens with zero attached hydrogens (tertiary/aromatic N) is 2. The topological polar surface area (TPSA) is 44.8 Å². The van der Waals surface area contributed by atoms with Crippen molar-refractivity contribution in [2.75, 3.05) is 24.7 Å². The van der Waals surface area contributed by atoms with Crippen molar-refractivity contribution in [3.8, 4) is 0 Å². The van der Waals surface area contributed by atoms with Gasteiger partial charge in [0.1, 0.15) is 18.1 Å². The predicted molar refractivity (Wildman–Crippen MR) is 165 cm³/mol.